The lowest BCUT2D eigenvalue weighted by atomic mass is 9.68. The van der Waals surface area contributed by atoms with Crippen LogP contribution in [0.3, 0.4) is 0 Å². The van der Waals surface area contributed by atoms with E-state index in [1.54, 1.807) is 0 Å². The highest BCUT2D eigenvalue weighted by atomic mass is 15.3. The van der Waals surface area contributed by atoms with Crippen molar-refractivity contribution < 1.29 is 0 Å². The third kappa shape index (κ3) is 2.93. The van der Waals surface area contributed by atoms with E-state index in [-0.39, 0.29) is 0 Å². The maximum absolute atomic E-state index is 4.42. The Morgan fingerprint density at radius 1 is 1.29 bits per heavy atom. The van der Waals surface area contributed by atoms with Crippen molar-refractivity contribution in [3.8, 4) is 0 Å². The maximum atomic E-state index is 4.42. The summed E-state index contributed by atoms with van der Waals surface area (Å²) >= 11 is 0. The van der Waals surface area contributed by atoms with Gasteiger partial charge in [0.1, 0.15) is 0 Å². The van der Waals surface area contributed by atoms with Crippen molar-refractivity contribution >= 4 is 5.96 Å². The number of rotatable bonds is 4. The van der Waals surface area contributed by atoms with Crippen LogP contribution < -0.4 is 5.32 Å². The number of aliphatic imine (C=N–C) groups is 1. The Bertz CT molecular complexity index is 269. The Balaban J connectivity index is 1.75. The lowest BCUT2D eigenvalue weighted by Crippen LogP contribution is -2.42. The zero-order chi connectivity index (χ0) is 12.1. The van der Waals surface area contributed by atoms with Crippen molar-refractivity contribution in [3.63, 3.8) is 0 Å². The van der Waals surface area contributed by atoms with Crippen molar-refractivity contribution in [2.45, 2.75) is 51.9 Å². The molecule has 2 rings (SSSR count). The lowest BCUT2D eigenvalue weighted by molar-refractivity contribution is 0.151. The first-order valence-electron chi connectivity index (χ1n) is 7.25. The topological polar surface area (TPSA) is 27.6 Å². The second kappa shape index (κ2) is 5.74. The minimum atomic E-state index is 0.668. The molecule has 0 amide bonds. The summed E-state index contributed by atoms with van der Waals surface area (Å²) in [5.74, 6) is 1.13. The van der Waals surface area contributed by atoms with Gasteiger partial charge >= 0.3 is 0 Å². The van der Waals surface area contributed by atoms with Crippen molar-refractivity contribution in [1.29, 1.82) is 0 Å². The molecule has 1 saturated heterocycles. The van der Waals surface area contributed by atoms with Crippen LogP contribution in [-0.2, 0) is 0 Å². The van der Waals surface area contributed by atoms with Crippen LogP contribution in [0.4, 0.5) is 0 Å². The fraction of sp³-hybridized carbons (Fsp3) is 0.929. The van der Waals surface area contributed by atoms with Crippen LogP contribution in [0.5, 0.6) is 0 Å². The van der Waals surface area contributed by atoms with Gasteiger partial charge in [0.05, 0.1) is 0 Å². The molecule has 1 N–H and O–H groups in total. The summed E-state index contributed by atoms with van der Waals surface area (Å²) in [4.78, 5) is 6.89. The zero-order valence-electron chi connectivity index (χ0n) is 11.5. The Hall–Kier alpha value is -0.730. The normalized spacial score (nSPS) is 22.9. The molecule has 1 heterocycles. The van der Waals surface area contributed by atoms with E-state index >= 15 is 0 Å². The quantitative estimate of drug-likeness (QED) is 0.462. The van der Waals surface area contributed by atoms with Crippen molar-refractivity contribution in [3.05, 3.63) is 0 Å². The number of nitrogens with zero attached hydrogens (tertiary/aromatic N) is 2. The molecule has 0 aromatic rings. The van der Waals surface area contributed by atoms with Gasteiger partial charge in [-0.05, 0) is 31.1 Å². The van der Waals surface area contributed by atoms with Gasteiger partial charge in [0.15, 0.2) is 5.96 Å². The third-order valence-corrected chi connectivity index (χ3v) is 4.43. The molecular weight excluding hydrogens is 210 g/mol. The first kappa shape index (κ1) is 12.7. The standard InChI is InChI=1S/C14H27N3/c1-3-4-5-10-16-13(15-2)17-11-9-14(12-17)7-6-8-14/h3-12H2,1-2H3,(H,15,16). The van der Waals surface area contributed by atoms with Gasteiger partial charge in [-0.25, -0.2) is 0 Å². The smallest absolute Gasteiger partial charge is 0.193 e. The largest absolute Gasteiger partial charge is 0.356 e. The fourth-order valence-corrected chi connectivity index (χ4v) is 3.11. The molecule has 0 aromatic carbocycles. The Kier molecular flexibility index (Phi) is 4.30. The summed E-state index contributed by atoms with van der Waals surface area (Å²) in [6.07, 6.45) is 9.56. The summed E-state index contributed by atoms with van der Waals surface area (Å²) in [5.41, 5.74) is 0.668. The SMILES string of the molecule is CCCCCNC(=NC)N1CCC2(CCC2)C1. The van der Waals surface area contributed by atoms with Gasteiger partial charge in [-0.15, -0.1) is 0 Å². The molecule has 1 aliphatic carbocycles. The summed E-state index contributed by atoms with van der Waals surface area (Å²) in [6, 6.07) is 0. The summed E-state index contributed by atoms with van der Waals surface area (Å²) in [5, 5.41) is 3.51. The number of guanidine groups is 1. The Labute approximate surface area is 106 Å². The molecule has 0 bridgehead atoms. The van der Waals surface area contributed by atoms with E-state index in [2.05, 4.69) is 22.1 Å². The number of hydrogen-bond donors (Lipinski definition) is 1. The molecule has 98 valence electrons. The number of unbranched alkanes of at least 4 members (excludes halogenated alkanes) is 2. The van der Waals surface area contributed by atoms with E-state index in [0.717, 1.165) is 12.5 Å². The van der Waals surface area contributed by atoms with Crippen LogP contribution in [-0.4, -0.2) is 37.5 Å². The minimum Gasteiger partial charge on any atom is -0.356 e. The fourth-order valence-electron chi connectivity index (χ4n) is 3.11. The Morgan fingerprint density at radius 2 is 2.12 bits per heavy atom. The lowest BCUT2D eigenvalue weighted by Gasteiger charge is -2.38. The molecule has 2 aliphatic rings. The van der Waals surface area contributed by atoms with Crippen LogP contribution in [0.25, 0.3) is 0 Å². The molecule has 3 heteroatoms. The second-order valence-corrected chi connectivity index (χ2v) is 5.71. The predicted molar refractivity (Wildman–Crippen MR) is 73.4 cm³/mol. The van der Waals surface area contributed by atoms with E-state index in [1.165, 1.54) is 58.0 Å². The highest BCUT2D eigenvalue weighted by molar-refractivity contribution is 5.80. The number of nitrogens with one attached hydrogen (secondary N) is 1. The first-order valence-corrected chi connectivity index (χ1v) is 7.25. The maximum Gasteiger partial charge on any atom is 0.193 e. The monoisotopic (exact) mass is 237 g/mol. The molecule has 1 spiro atoms. The zero-order valence-corrected chi connectivity index (χ0v) is 11.5. The van der Waals surface area contributed by atoms with Crippen molar-refractivity contribution in [1.82, 2.24) is 10.2 Å². The van der Waals surface area contributed by atoms with Gasteiger partial charge in [0, 0.05) is 26.7 Å². The summed E-state index contributed by atoms with van der Waals surface area (Å²) in [6.45, 7) is 5.76. The molecule has 1 saturated carbocycles. The van der Waals surface area contributed by atoms with E-state index in [4.69, 9.17) is 0 Å². The molecule has 17 heavy (non-hydrogen) atoms. The molecule has 2 fully saturated rings. The average molecular weight is 237 g/mol. The van der Waals surface area contributed by atoms with Gasteiger partial charge in [0.25, 0.3) is 0 Å². The van der Waals surface area contributed by atoms with Crippen LogP contribution >= 0.6 is 0 Å². The number of hydrogen-bond acceptors (Lipinski definition) is 1. The van der Waals surface area contributed by atoms with Crippen LogP contribution in [0.1, 0.15) is 51.9 Å². The van der Waals surface area contributed by atoms with Crippen LogP contribution in [0.2, 0.25) is 0 Å². The van der Waals surface area contributed by atoms with Gasteiger partial charge < -0.3 is 10.2 Å². The molecular formula is C14H27N3. The number of likely N-dealkylation sites (tertiary alicyclic amines) is 1. The van der Waals surface area contributed by atoms with Crippen molar-refractivity contribution in [2.75, 3.05) is 26.7 Å². The third-order valence-electron chi connectivity index (χ3n) is 4.43. The highest BCUT2D eigenvalue weighted by Crippen LogP contribution is 2.47. The highest BCUT2D eigenvalue weighted by Gasteiger charge is 2.43. The molecule has 3 nitrogen and oxygen atoms in total. The van der Waals surface area contributed by atoms with E-state index < -0.39 is 0 Å². The van der Waals surface area contributed by atoms with E-state index in [9.17, 15) is 0 Å². The van der Waals surface area contributed by atoms with Gasteiger partial charge in [-0.1, -0.05) is 26.2 Å². The minimum absolute atomic E-state index is 0.668. The molecule has 0 radical (unpaired) electrons. The summed E-state index contributed by atoms with van der Waals surface area (Å²) in [7, 11) is 1.91. The molecule has 0 aromatic heterocycles. The molecule has 1 aliphatic heterocycles. The molecule has 0 unspecified atom stereocenters. The van der Waals surface area contributed by atoms with E-state index in [0.29, 0.717) is 5.41 Å². The first-order chi connectivity index (χ1) is 8.29. The van der Waals surface area contributed by atoms with Gasteiger partial charge in [0.2, 0.25) is 0 Å². The van der Waals surface area contributed by atoms with Gasteiger partial charge in [-0.3, -0.25) is 4.99 Å². The Morgan fingerprint density at radius 3 is 2.65 bits per heavy atom. The summed E-state index contributed by atoms with van der Waals surface area (Å²) < 4.78 is 0. The second-order valence-electron chi connectivity index (χ2n) is 5.71. The average Bonchev–Trinajstić information content (AvgIpc) is 2.74. The van der Waals surface area contributed by atoms with E-state index in [1.807, 2.05) is 7.05 Å². The van der Waals surface area contributed by atoms with Crippen molar-refractivity contribution in [2.24, 2.45) is 10.4 Å². The van der Waals surface area contributed by atoms with Crippen LogP contribution in [0, 0.1) is 5.41 Å². The van der Waals surface area contributed by atoms with Crippen LogP contribution in [0.15, 0.2) is 4.99 Å². The van der Waals surface area contributed by atoms with Gasteiger partial charge in [-0.2, -0.15) is 0 Å². The molecule has 0 atom stereocenters. The predicted octanol–water partition coefficient (Wildman–Crippen LogP) is 2.63.